The molecule has 2 unspecified atom stereocenters. The lowest BCUT2D eigenvalue weighted by Gasteiger charge is -2.31. The number of hydrogen-bond acceptors (Lipinski definition) is 6. The van der Waals surface area contributed by atoms with Crippen molar-refractivity contribution in [1.82, 2.24) is 0 Å². The quantitative estimate of drug-likeness (QED) is 0.477. The maximum atomic E-state index is 12.4. The van der Waals surface area contributed by atoms with Gasteiger partial charge >= 0.3 is 5.97 Å². The number of nitrogens with two attached hydrogens (primary N) is 1. The van der Waals surface area contributed by atoms with E-state index in [1.165, 1.54) is 18.2 Å². The number of aliphatic hydroxyl groups excluding tert-OH is 1. The number of benzene rings is 1. The molecular weight excluding hydrogens is 276 g/mol. The Labute approximate surface area is 121 Å². The molecular formula is C14H18N2O5. The van der Waals surface area contributed by atoms with Gasteiger partial charge in [-0.05, 0) is 31.9 Å². The van der Waals surface area contributed by atoms with Crippen LogP contribution in [0.5, 0.6) is 0 Å². The van der Waals surface area contributed by atoms with Gasteiger partial charge in [-0.15, -0.1) is 0 Å². The molecule has 0 spiro atoms. The fourth-order valence-corrected chi connectivity index (χ4v) is 2.40. The summed E-state index contributed by atoms with van der Waals surface area (Å²) < 4.78 is 5.26. The average Bonchev–Trinajstić information content (AvgIpc) is 2.60. The molecule has 1 aliphatic carbocycles. The standard InChI is InChI=1S/C14H18N2O5/c1-13(2,3)21-12(18)14(15)10-7-9(16(19)20)5-4-8(10)6-11(14)17/h4-5,7,11,17H,6,15H2,1-3H3. The van der Waals surface area contributed by atoms with Crippen molar-refractivity contribution in [2.75, 3.05) is 0 Å². The SMILES string of the molecule is CC(C)(C)OC(=O)C1(N)c2cc([N+](=O)[O-])ccc2CC1O. The molecule has 7 nitrogen and oxygen atoms in total. The van der Waals surface area contributed by atoms with E-state index >= 15 is 0 Å². The van der Waals surface area contributed by atoms with E-state index < -0.39 is 28.1 Å². The van der Waals surface area contributed by atoms with E-state index in [9.17, 15) is 20.0 Å². The highest BCUT2D eigenvalue weighted by molar-refractivity contribution is 5.85. The van der Waals surface area contributed by atoms with Crippen molar-refractivity contribution < 1.29 is 19.6 Å². The number of nitro benzene ring substituents is 1. The number of nitro groups is 1. The summed E-state index contributed by atoms with van der Waals surface area (Å²) in [6.45, 7) is 5.05. The summed E-state index contributed by atoms with van der Waals surface area (Å²) in [5.41, 5.74) is 4.21. The smallest absolute Gasteiger partial charge is 0.334 e. The lowest BCUT2D eigenvalue weighted by atomic mass is 9.90. The van der Waals surface area contributed by atoms with Gasteiger partial charge in [0, 0.05) is 18.6 Å². The van der Waals surface area contributed by atoms with Gasteiger partial charge in [-0.25, -0.2) is 4.79 Å². The van der Waals surface area contributed by atoms with Crippen molar-refractivity contribution in [3.63, 3.8) is 0 Å². The van der Waals surface area contributed by atoms with Crippen molar-refractivity contribution in [2.45, 2.75) is 44.4 Å². The number of aliphatic hydroxyl groups is 1. The number of hydrogen-bond donors (Lipinski definition) is 2. The van der Waals surface area contributed by atoms with Crippen molar-refractivity contribution in [3.05, 3.63) is 39.4 Å². The Hall–Kier alpha value is -1.99. The van der Waals surface area contributed by atoms with Crippen LogP contribution in [0.3, 0.4) is 0 Å². The molecule has 0 bridgehead atoms. The second kappa shape index (κ2) is 4.78. The highest BCUT2D eigenvalue weighted by Gasteiger charge is 2.52. The Morgan fingerprint density at radius 2 is 2.14 bits per heavy atom. The van der Waals surface area contributed by atoms with Gasteiger partial charge in [0.15, 0.2) is 5.54 Å². The predicted molar refractivity (Wildman–Crippen MR) is 74.5 cm³/mol. The monoisotopic (exact) mass is 294 g/mol. The molecule has 2 rings (SSSR count). The molecule has 3 N–H and O–H groups in total. The van der Waals surface area contributed by atoms with Crippen molar-refractivity contribution in [1.29, 1.82) is 0 Å². The molecule has 1 aromatic carbocycles. The fourth-order valence-electron chi connectivity index (χ4n) is 2.40. The lowest BCUT2D eigenvalue weighted by molar-refractivity contribution is -0.385. The van der Waals surface area contributed by atoms with E-state index in [0.29, 0.717) is 5.56 Å². The summed E-state index contributed by atoms with van der Waals surface area (Å²) in [4.78, 5) is 22.7. The number of carbonyl (C=O) groups is 1. The maximum Gasteiger partial charge on any atom is 0.334 e. The van der Waals surface area contributed by atoms with Gasteiger partial charge in [-0.1, -0.05) is 6.07 Å². The first-order chi connectivity index (χ1) is 9.55. The molecule has 0 aromatic heterocycles. The van der Waals surface area contributed by atoms with Crippen LogP contribution in [0.4, 0.5) is 5.69 Å². The zero-order chi connectivity index (χ0) is 16.0. The van der Waals surface area contributed by atoms with Gasteiger partial charge in [0.2, 0.25) is 0 Å². The highest BCUT2D eigenvalue weighted by Crippen LogP contribution is 2.38. The summed E-state index contributed by atoms with van der Waals surface area (Å²) in [7, 11) is 0. The second-order valence-corrected chi connectivity index (χ2v) is 6.19. The molecule has 0 aliphatic heterocycles. The summed E-state index contributed by atoms with van der Waals surface area (Å²) in [6.07, 6.45) is -1.02. The number of nitrogens with zero attached hydrogens (tertiary/aromatic N) is 1. The average molecular weight is 294 g/mol. The molecule has 0 saturated heterocycles. The second-order valence-electron chi connectivity index (χ2n) is 6.19. The molecule has 2 atom stereocenters. The first-order valence-corrected chi connectivity index (χ1v) is 6.54. The number of rotatable bonds is 2. The van der Waals surface area contributed by atoms with Gasteiger partial charge in [-0.2, -0.15) is 0 Å². The topological polar surface area (TPSA) is 116 Å². The molecule has 0 radical (unpaired) electrons. The van der Waals surface area contributed by atoms with E-state index in [4.69, 9.17) is 10.5 Å². The molecule has 0 heterocycles. The Kier molecular flexibility index (Phi) is 3.51. The fraction of sp³-hybridized carbons (Fsp3) is 0.500. The van der Waals surface area contributed by atoms with E-state index in [-0.39, 0.29) is 17.7 Å². The summed E-state index contributed by atoms with van der Waals surface area (Å²) >= 11 is 0. The van der Waals surface area contributed by atoms with Crippen LogP contribution >= 0.6 is 0 Å². The van der Waals surface area contributed by atoms with Crippen LogP contribution in [0.15, 0.2) is 18.2 Å². The molecule has 1 aliphatic rings. The third-order valence-corrected chi connectivity index (χ3v) is 3.43. The Morgan fingerprint density at radius 3 is 2.67 bits per heavy atom. The Morgan fingerprint density at radius 1 is 1.52 bits per heavy atom. The number of ether oxygens (including phenoxy) is 1. The largest absolute Gasteiger partial charge is 0.458 e. The van der Waals surface area contributed by atoms with Crippen LogP contribution in [-0.2, 0) is 21.5 Å². The molecule has 21 heavy (non-hydrogen) atoms. The van der Waals surface area contributed by atoms with E-state index in [2.05, 4.69) is 0 Å². The van der Waals surface area contributed by atoms with Gasteiger partial charge in [-0.3, -0.25) is 10.1 Å². The highest BCUT2D eigenvalue weighted by atomic mass is 16.6. The van der Waals surface area contributed by atoms with Crippen LogP contribution in [0.1, 0.15) is 31.9 Å². The lowest BCUT2D eigenvalue weighted by Crippen LogP contribution is -2.54. The van der Waals surface area contributed by atoms with Crippen LogP contribution in [-0.4, -0.2) is 27.7 Å². The summed E-state index contributed by atoms with van der Waals surface area (Å²) in [5.74, 6) is -0.790. The number of non-ortho nitro benzene ring substituents is 1. The third-order valence-electron chi connectivity index (χ3n) is 3.43. The van der Waals surface area contributed by atoms with Crippen molar-refractivity contribution in [3.8, 4) is 0 Å². The van der Waals surface area contributed by atoms with Crippen LogP contribution < -0.4 is 5.73 Å². The van der Waals surface area contributed by atoms with Gasteiger partial charge in [0.05, 0.1) is 11.0 Å². The number of carbonyl (C=O) groups excluding carboxylic acids is 1. The maximum absolute atomic E-state index is 12.4. The number of esters is 1. The third kappa shape index (κ3) is 2.62. The van der Waals surface area contributed by atoms with E-state index in [1.54, 1.807) is 20.8 Å². The zero-order valence-electron chi connectivity index (χ0n) is 12.1. The zero-order valence-corrected chi connectivity index (χ0v) is 12.1. The first kappa shape index (κ1) is 15.4. The Balaban J connectivity index is 2.49. The molecule has 1 aromatic rings. The van der Waals surface area contributed by atoms with Gasteiger partial charge in [0.1, 0.15) is 5.60 Å². The molecule has 0 amide bonds. The van der Waals surface area contributed by atoms with Crippen molar-refractivity contribution in [2.24, 2.45) is 5.73 Å². The van der Waals surface area contributed by atoms with Gasteiger partial charge < -0.3 is 15.6 Å². The normalized spacial score (nSPS) is 24.5. The van der Waals surface area contributed by atoms with E-state index in [1.807, 2.05) is 0 Å². The Bertz CT molecular complexity index is 608. The predicted octanol–water partition coefficient (Wildman–Crippen LogP) is 1.01. The van der Waals surface area contributed by atoms with Gasteiger partial charge in [0.25, 0.3) is 5.69 Å². The van der Waals surface area contributed by atoms with Crippen LogP contribution in [0, 0.1) is 10.1 Å². The van der Waals surface area contributed by atoms with E-state index in [0.717, 1.165) is 0 Å². The van der Waals surface area contributed by atoms with Crippen molar-refractivity contribution >= 4 is 11.7 Å². The van der Waals surface area contributed by atoms with Crippen LogP contribution in [0.25, 0.3) is 0 Å². The number of fused-ring (bicyclic) bond motifs is 1. The molecule has 0 fully saturated rings. The molecule has 7 heteroatoms. The molecule has 114 valence electrons. The van der Waals surface area contributed by atoms with Crippen LogP contribution in [0.2, 0.25) is 0 Å². The minimum absolute atomic E-state index is 0.156. The molecule has 0 saturated carbocycles. The first-order valence-electron chi connectivity index (χ1n) is 6.54. The summed E-state index contributed by atoms with van der Waals surface area (Å²) in [6, 6.07) is 4.07. The minimum Gasteiger partial charge on any atom is -0.458 e. The summed E-state index contributed by atoms with van der Waals surface area (Å²) in [5, 5.41) is 21.0. The minimum atomic E-state index is -1.78.